The van der Waals surface area contributed by atoms with Gasteiger partial charge in [0.1, 0.15) is 18.2 Å². The summed E-state index contributed by atoms with van der Waals surface area (Å²) < 4.78 is 10.3. The zero-order valence-electron chi connectivity index (χ0n) is 15.1. The van der Waals surface area contributed by atoms with Crippen molar-refractivity contribution < 1.29 is 23.9 Å². The monoisotopic (exact) mass is 350 g/mol. The van der Waals surface area contributed by atoms with Crippen LogP contribution in [0.2, 0.25) is 0 Å². The molecular weight excluding hydrogens is 324 g/mol. The molecule has 1 aromatic rings. The molecule has 7 nitrogen and oxygen atoms in total. The molecule has 0 spiro atoms. The highest BCUT2D eigenvalue weighted by atomic mass is 16.6. The molecule has 0 unspecified atom stereocenters. The third-order valence-corrected chi connectivity index (χ3v) is 3.13. The van der Waals surface area contributed by atoms with Crippen molar-refractivity contribution >= 4 is 18.0 Å². The van der Waals surface area contributed by atoms with Crippen LogP contribution in [0.5, 0.6) is 0 Å². The van der Waals surface area contributed by atoms with Crippen LogP contribution in [0, 0.1) is 0 Å². The summed E-state index contributed by atoms with van der Waals surface area (Å²) in [4.78, 5) is 35.5. The number of hydrogen-bond acceptors (Lipinski definition) is 5. The van der Waals surface area contributed by atoms with Gasteiger partial charge in [-0.25, -0.2) is 4.79 Å². The zero-order valence-corrected chi connectivity index (χ0v) is 15.1. The van der Waals surface area contributed by atoms with E-state index in [0.717, 1.165) is 5.56 Å². The fraction of sp³-hybridized carbons (Fsp3) is 0.500. The first kappa shape index (κ1) is 20.5. The molecule has 0 fully saturated rings. The molecule has 0 radical (unpaired) electrons. The van der Waals surface area contributed by atoms with Gasteiger partial charge in [-0.15, -0.1) is 0 Å². The van der Waals surface area contributed by atoms with Gasteiger partial charge in [0.2, 0.25) is 5.91 Å². The molecule has 0 aliphatic carbocycles. The first-order valence-electron chi connectivity index (χ1n) is 8.12. The van der Waals surface area contributed by atoms with E-state index in [0.29, 0.717) is 0 Å². The van der Waals surface area contributed by atoms with Crippen LogP contribution < -0.4 is 10.6 Å². The second kappa shape index (κ2) is 9.66. The predicted octanol–water partition coefficient (Wildman–Crippen LogP) is 2.15. The molecule has 138 valence electrons. The molecule has 0 aromatic heterocycles. The lowest BCUT2D eigenvalue weighted by Gasteiger charge is -2.22. The Bertz CT molecular complexity index is 581. The van der Waals surface area contributed by atoms with E-state index in [-0.39, 0.29) is 19.4 Å². The maximum atomic E-state index is 11.9. The van der Waals surface area contributed by atoms with Crippen molar-refractivity contribution in [1.82, 2.24) is 10.6 Å². The van der Waals surface area contributed by atoms with Gasteiger partial charge in [-0.3, -0.25) is 9.59 Å². The predicted molar refractivity (Wildman–Crippen MR) is 92.7 cm³/mol. The first-order chi connectivity index (χ1) is 11.7. The highest BCUT2D eigenvalue weighted by Gasteiger charge is 2.24. The summed E-state index contributed by atoms with van der Waals surface area (Å²) in [5, 5.41) is 4.93. The molecule has 0 aliphatic rings. The van der Waals surface area contributed by atoms with Gasteiger partial charge < -0.3 is 20.1 Å². The lowest BCUT2D eigenvalue weighted by Crippen LogP contribution is -2.47. The van der Waals surface area contributed by atoms with Gasteiger partial charge in [-0.2, -0.15) is 0 Å². The molecular formula is C18H26N2O5. The Morgan fingerprint density at radius 1 is 1.12 bits per heavy atom. The Balaban J connectivity index is 2.48. The van der Waals surface area contributed by atoms with Crippen LogP contribution in [0.4, 0.5) is 4.79 Å². The van der Waals surface area contributed by atoms with Crippen molar-refractivity contribution in [3.05, 3.63) is 35.9 Å². The highest BCUT2D eigenvalue weighted by Crippen LogP contribution is 2.09. The number of esters is 1. The van der Waals surface area contributed by atoms with E-state index in [1.807, 2.05) is 30.3 Å². The van der Waals surface area contributed by atoms with Crippen LogP contribution in [0.1, 0.15) is 39.2 Å². The minimum Gasteiger partial charge on any atom is -0.461 e. The van der Waals surface area contributed by atoms with E-state index >= 15 is 0 Å². The van der Waals surface area contributed by atoms with Crippen LogP contribution >= 0.6 is 0 Å². The fourth-order valence-electron chi connectivity index (χ4n) is 1.97. The van der Waals surface area contributed by atoms with Crippen molar-refractivity contribution in [2.24, 2.45) is 0 Å². The molecule has 1 rings (SSSR count). The van der Waals surface area contributed by atoms with E-state index in [9.17, 15) is 14.4 Å². The average molecular weight is 350 g/mol. The molecule has 0 heterocycles. The molecule has 0 aliphatic heterocycles. The molecule has 25 heavy (non-hydrogen) atoms. The number of nitrogens with one attached hydrogen (secondary N) is 2. The summed E-state index contributed by atoms with van der Waals surface area (Å²) in [7, 11) is 1.46. The Morgan fingerprint density at radius 2 is 1.76 bits per heavy atom. The molecule has 0 saturated heterocycles. The Labute approximate surface area is 148 Å². The van der Waals surface area contributed by atoms with Crippen molar-refractivity contribution in [2.75, 3.05) is 7.05 Å². The molecule has 7 heteroatoms. The Kier molecular flexibility index (Phi) is 7.91. The van der Waals surface area contributed by atoms with Gasteiger partial charge in [0, 0.05) is 13.5 Å². The number of ether oxygens (including phenoxy) is 2. The summed E-state index contributed by atoms with van der Waals surface area (Å²) in [5.41, 5.74) is 0.206. The standard InChI is InChI=1S/C18H26N2O5/c1-18(2,3)25-17(23)20-14(16(22)19-4)10-11-15(21)24-12-13-8-6-5-7-9-13/h5-9,14H,10-12H2,1-4H3,(H,19,22)(H,20,23)/t14-/m0/s1. The zero-order chi connectivity index (χ0) is 18.9. The number of carbonyl (C=O) groups excluding carboxylic acids is 3. The van der Waals surface area contributed by atoms with Crippen molar-refractivity contribution in [2.45, 2.75) is 51.9 Å². The van der Waals surface area contributed by atoms with E-state index in [1.165, 1.54) is 7.05 Å². The van der Waals surface area contributed by atoms with Crippen LogP contribution in [-0.4, -0.2) is 36.7 Å². The lowest BCUT2D eigenvalue weighted by molar-refractivity contribution is -0.145. The normalized spacial score (nSPS) is 12.0. The lowest BCUT2D eigenvalue weighted by atomic mass is 10.1. The molecule has 1 atom stereocenters. The maximum absolute atomic E-state index is 11.9. The fourth-order valence-corrected chi connectivity index (χ4v) is 1.97. The van der Waals surface area contributed by atoms with Crippen molar-refractivity contribution in [3.8, 4) is 0 Å². The van der Waals surface area contributed by atoms with E-state index in [4.69, 9.17) is 9.47 Å². The van der Waals surface area contributed by atoms with Crippen LogP contribution in [0.25, 0.3) is 0 Å². The number of alkyl carbamates (subject to hydrolysis) is 1. The van der Waals surface area contributed by atoms with Crippen molar-refractivity contribution in [1.29, 1.82) is 0 Å². The second-order valence-corrected chi connectivity index (χ2v) is 6.50. The van der Waals surface area contributed by atoms with Gasteiger partial charge in [-0.05, 0) is 32.8 Å². The number of likely N-dealkylation sites (N-methyl/N-ethyl adjacent to an activating group) is 1. The van der Waals surface area contributed by atoms with Crippen LogP contribution in [0.15, 0.2) is 30.3 Å². The summed E-state index contributed by atoms with van der Waals surface area (Å²) >= 11 is 0. The van der Waals surface area contributed by atoms with Gasteiger partial charge in [-0.1, -0.05) is 30.3 Å². The minimum absolute atomic E-state index is 0.000712. The summed E-state index contributed by atoms with van der Waals surface area (Å²) in [6.07, 6.45) is -0.591. The second-order valence-electron chi connectivity index (χ2n) is 6.50. The number of amides is 2. The third kappa shape index (κ3) is 8.74. The summed E-state index contributed by atoms with van der Waals surface area (Å²) in [6.45, 7) is 5.34. The quantitative estimate of drug-likeness (QED) is 0.735. The molecule has 0 bridgehead atoms. The van der Waals surface area contributed by atoms with Gasteiger partial charge >= 0.3 is 12.1 Å². The third-order valence-electron chi connectivity index (χ3n) is 3.13. The number of rotatable bonds is 7. The first-order valence-corrected chi connectivity index (χ1v) is 8.12. The average Bonchev–Trinajstić information content (AvgIpc) is 2.55. The SMILES string of the molecule is CNC(=O)[C@H](CCC(=O)OCc1ccccc1)NC(=O)OC(C)(C)C. The summed E-state index contributed by atoms with van der Waals surface area (Å²) in [6, 6.07) is 8.42. The van der Waals surface area contributed by atoms with Gasteiger partial charge in [0.25, 0.3) is 0 Å². The van der Waals surface area contributed by atoms with Crippen LogP contribution in [-0.2, 0) is 25.7 Å². The van der Waals surface area contributed by atoms with Gasteiger partial charge in [0.15, 0.2) is 0 Å². The number of benzene rings is 1. The van der Waals surface area contributed by atoms with Gasteiger partial charge in [0.05, 0.1) is 0 Å². The molecule has 0 saturated carbocycles. The van der Waals surface area contributed by atoms with E-state index in [2.05, 4.69) is 10.6 Å². The molecule has 2 amide bonds. The summed E-state index contributed by atoms with van der Waals surface area (Å²) in [5.74, 6) is -0.842. The minimum atomic E-state index is -0.871. The molecule has 1 aromatic carbocycles. The Morgan fingerprint density at radius 3 is 2.32 bits per heavy atom. The largest absolute Gasteiger partial charge is 0.461 e. The number of carbonyl (C=O) groups is 3. The smallest absolute Gasteiger partial charge is 0.408 e. The van der Waals surface area contributed by atoms with Crippen LogP contribution in [0.3, 0.4) is 0 Å². The number of hydrogen-bond donors (Lipinski definition) is 2. The maximum Gasteiger partial charge on any atom is 0.408 e. The van der Waals surface area contributed by atoms with E-state index < -0.39 is 29.6 Å². The van der Waals surface area contributed by atoms with E-state index in [1.54, 1.807) is 20.8 Å². The Hall–Kier alpha value is -2.57. The van der Waals surface area contributed by atoms with Crippen molar-refractivity contribution in [3.63, 3.8) is 0 Å². The molecule has 2 N–H and O–H groups in total. The highest BCUT2D eigenvalue weighted by molar-refractivity contribution is 5.86. The topological polar surface area (TPSA) is 93.7 Å².